The molecule has 1 aromatic heterocycles. The number of thiazole rings is 1. The van der Waals surface area contributed by atoms with Crippen LogP contribution in [0.15, 0.2) is 5.38 Å². The zero-order valence-electron chi connectivity index (χ0n) is 11.1. The summed E-state index contributed by atoms with van der Waals surface area (Å²) in [6.07, 6.45) is 3.86. The van der Waals surface area contributed by atoms with Gasteiger partial charge in [-0.15, -0.1) is 11.3 Å². The maximum atomic E-state index is 12.4. The molecule has 6 heteroatoms. The number of carbonyl (C=O) groups is 1. The number of amides is 1. The molecule has 0 bridgehead atoms. The number of methoxy groups -OCH3 is 1. The minimum Gasteiger partial charge on any atom is -0.368 e. The first-order valence-corrected chi connectivity index (χ1v) is 7.64. The highest BCUT2D eigenvalue weighted by Gasteiger charge is 2.40. The predicted octanol–water partition coefficient (Wildman–Crippen LogP) is 1.73. The predicted molar refractivity (Wildman–Crippen MR) is 74.6 cm³/mol. The standard InChI is InChI=1S/C13H19N3O2S/c1-18-13(4-6-14-7-5-13)11(17)16-12-15-10(8-19-12)9-2-3-9/h8-9,14H,2-7H2,1H3,(H,15,16,17). The Balaban J connectivity index is 1.68. The van der Waals surface area contributed by atoms with Crippen molar-refractivity contribution in [3.63, 3.8) is 0 Å². The topological polar surface area (TPSA) is 63.2 Å². The van der Waals surface area contributed by atoms with Crippen molar-refractivity contribution >= 4 is 22.4 Å². The Bertz CT molecular complexity index is 464. The summed E-state index contributed by atoms with van der Waals surface area (Å²) in [6.45, 7) is 1.62. The first-order valence-electron chi connectivity index (χ1n) is 6.76. The summed E-state index contributed by atoms with van der Waals surface area (Å²) in [6, 6.07) is 0. The van der Waals surface area contributed by atoms with E-state index in [-0.39, 0.29) is 5.91 Å². The van der Waals surface area contributed by atoms with Crippen molar-refractivity contribution in [3.8, 4) is 0 Å². The molecule has 1 aliphatic heterocycles. The molecule has 1 saturated heterocycles. The van der Waals surface area contributed by atoms with E-state index >= 15 is 0 Å². The third-order valence-electron chi connectivity index (χ3n) is 3.95. The Morgan fingerprint density at radius 1 is 1.53 bits per heavy atom. The molecule has 5 nitrogen and oxygen atoms in total. The molecule has 2 fully saturated rings. The van der Waals surface area contributed by atoms with E-state index in [1.54, 1.807) is 7.11 Å². The zero-order chi connectivity index (χ0) is 13.3. The second-order valence-corrected chi connectivity index (χ2v) is 6.11. The molecular formula is C13H19N3O2S. The Morgan fingerprint density at radius 2 is 2.26 bits per heavy atom. The maximum absolute atomic E-state index is 12.4. The van der Waals surface area contributed by atoms with E-state index < -0.39 is 5.60 Å². The van der Waals surface area contributed by atoms with Gasteiger partial charge in [-0.3, -0.25) is 10.1 Å². The monoisotopic (exact) mass is 281 g/mol. The van der Waals surface area contributed by atoms with E-state index in [1.807, 2.05) is 0 Å². The summed E-state index contributed by atoms with van der Waals surface area (Å²) in [4.78, 5) is 16.9. The average molecular weight is 281 g/mol. The first-order chi connectivity index (χ1) is 9.23. The van der Waals surface area contributed by atoms with Gasteiger partial charge >= 0.3 is 0 Å². The highest BCUT2D eigenvalue weighted by Crippen LogP contribution is 2.41. The molecule has 0 spiro atoms. The number of anilines is 1. The van der Waals surface area contributed by atoms with Crippen molar-refractivity contribution in [2.75, 3.05) is 25.5 Å². The van der Waals surface area contributed by atoms with Crippen LogP contribution in [0.2, 0.25) is 0 Å². The molecule has 0 radical (unpaired) electrons. The van der Waals surface area contributed by atoms with Gasteiger partial charge in [0, 0.05) is 18.4 Å². The number of nitrogens with one attached hydrogen (secondary N) is 2. The summed E-state index contributed by atoms with van der Waals surface area (Å²) in [7, 11) is 1.61. The third kappa shape index (κ3) is 2.66. The summed E-state index contributed by atoms with van der Waals surface area (Å²) >= 11 is 1.51. The van der Waals surface area contributed by atoms with Gasteiger partial charge in [-0.1, -0.05) is 0 Å². The number of hydrogen-bond donors (Lipinski definition) is 2. The Labute approximate surface area is 116 Å². The minimum atomic E-state index is -0.698. The van der Waals surface area contributed by atoms with Gasteiger partial charge in [0.1, 0.15) is 5.60 Å². The summed E-state index contributed by atoms with van der Waals surface area (Å²) in [5, 5.41) is 8.92. The van der Waals surface area contributed by atoms with Crippen LogP contribution in [0.25, 0.3) is 0 Å². The van der Waals surface area contributed by atoms with Gasteiger partial charge < -0.3 is 10.1 Å². The molecule has 19 heavy (non-hydrogen) atoms. The zero-order valence-corrected chi connectivity index (χ0v) is 11.9. The number of nitrogens with zero attached hydrogens (tertiary/aromatic N) is 1. The van der Waals surface area contributed by atoms with Crippen LogP contribution in [0.3, 0.4) is 0 Å². The van der Waals surface area contributed by atoms with E-state index in [2.05, 4.69) is 21.0 Å². The lowest BCUT2D eigenvalue weighted by Crippen LogP contribution is -2.51. The van der Waals surface area contributed by atoms with Crippen LogP contribution in [0.1, 0.15) is 37.3 Å². The quantitative estimate of drug-likeness (QED) is 0.882. The van der Waals surface area contributed by atoms with Crippen molar-refractivity contribution in [3.05, 3.63) is 11.1 Å². The van der Waals surface area contributed by atoms with E-state index in [9.17, 15) is 4.79 Å². The second kappa shape index (κ2) is 5.19. The van der Waals surface area contributed by atoms with Crippen LogP contribution < -0.4 is 10.6 Å². The minimum absolute atomic E-state index is 0.0619. The summed E-state index contributed by atoms with van der Waals surface area (Å²) in [5.74, 6) is 0.561. The van der Waals surface area contributed by atoms with Crippen molar-refractivity contribution in [1.82, 2.24) is 10.3 Å². The first kappa shape index (κ1) is 13.0. The van der Waals surface area contributed by atoms with Crippen molar-refractivity contribution in [2.24, 2.45) is 0 Å². The number of hydrogen-bond acceptors (Lipinski definition) is 5. The molecule has 1 aliphatic carbocycles. The van der Waals surface area contributed by atoms with E-state index in [4.69, 9.17) is 4.74 Å². The van der Waals surface area contributed by atoms with Gasteiger partial charge in [-0.05, 0) is 38.8 Å². The molecule has 2 aliphatic rings. The molecule has 104 valence electrons. The third-order valence-corrected chi connectivity index (χ3v) is 4.73. The molecule has 1 aromatic rings. The van der Waals surface area contributed by atoms with Crippen LogP contribution >= 0.6 is 11.3 Å². The fourth-order valence-electron chi connectivity index (χ4n) is 2.48. The molecular weight excluding hydrogens is 262 g/mol. The second-order valence-electron chi connectivity index (χ2n) is 5.25. The van der Waals surface area contributed by atoms with Crippen molar-refractivity contribution < 1.29 is 9.53 Å². The lowest BCUT2D eigenvalue weighted by Gasteiger charge is -2.34. The van der Waals surface area contributed by atoms with Crippen LogP contribution in [-0.4, -0.2) is 36.7 Å². The number of aromatic nitrogens is 1. The molecule has 1 saturated carbocycles. The van der Waals surface area contributed by atoms with Crippen molar-refractivity contribution in [1.29, 1.82) is 0 Å². The van der Waals surface area contributed by atoms with Gasteiger partial charge in [-0.25, -0.2) is 4.98 Å². The Kier molecular flexibility index (Phi) is 3.56. The lowest BCUT2D eigenvalue weighted by molar-refractivity contribution is -0.140. The lowest BCUT2D eigenvalue weighted by atomic mass is 9.91. The summed E-state index contributed by atoms with van der Waals surface area (Å²) in [5.41, 5.74) is 0.425. The number of carbonyl (C=O) groups excluding carboxylic acids is 1. The smallest absolute Gasteiger partial charge is 0.258 e. The average Bonchev–Trinajstić information content (AvgIpc) is 3.20. The van der Waals surface area contributed by atoms with Crippen LogP contribution in [-0.2, 0) is 9.53 Å². The van der Waals surface area contributed by atoms with E-state index in [1.165, 1.54) is 24.2 Å². The number of ether oxygens (including phenoxy) is 1. The van der Waals surface area contributed by atoms with Gasteiger partial charge in [0.2, 0.25) is 0 Å². The molecule has 0 atom stereocenters. The van der Waals surface area contributed by atoms with E-state index in [0.29, 0.717) is 23.9 Å². The Hall–Kier alpha value is -0.980. The fourth-order valence-corrected chi connectivity index (χ4v) is 3.26. The molecule has 2 heterocycles. The van der Waals surface area contributed by atoms with Crippen LogP contribution in [0.4, 0.5) is 5.13 Å². The van der Waals surface area contributed by atoms with Gasteiger partial charge in [0.25, 0.3) is 5.91 Å². The Morgan fingerprint density at radius 3 is 2.89 bits per heavy atom. The molecule has 2 N–H and O–H groups in total. The van der Waals surface area contributed by atoms with Crippen LogP contribution in [0, 0.1) is 0 Å². The van der Waals surface area contributed by atoms with Crippen LogP contribution in [0.5, 0.6) is 0 Å². The largest absolute Gasteiger partial charge is 0.368 e. The van der Waals surface area contributed by atoms with Gasteiger partial charge in [0.15, 0.2) is 5.13 Å². The van der Waals surface area contributed by atoms with Gasteiger partial charge in [0.05, 0.1) is 5.69 Å². The maximum Gasteiger partial charge on any atom is 0.258 e. The highest BCUT2D eigenvalue weighted by atomic mass is 32.1. The molecule has 3 rings (SSSR count). The van der Waals surface area contributed by atoms with E-state index in [0.717, 1.165) is 18.8 Å². The SMILES string of the molecule is COC1(C(=O)Nc2nc(C3CC3)cs2)CCNCC1. The molecule has 1 amide bonds. The highest BCUT2D eigenvalue weighted by molar-refractivity contribution is 7.14. The molecule has 0 aromatic carbocycles. The summed E-state index contributed by atoms with van der Waals surface area (Å²) < 4.78 is 5.50. The fraction of sp³-hybridized carbons (Fsp3) is 0.692. The van der Waals surface area contributed by atoms with Gasteiger partial charge in [-0.2, -0.15) is 0 Å². The normalized spacial score (nSPS) is 22.2. The number of piperidine rings is 1. The van der Waals surface area contributed by atoms with Crippen molar-refractivity contribution in [2.45, 2.75) is 37.2 Å². The molecule has 0 unspecified atom stereocenters. The number of rotatable bonds is 4.